The van der Waals surface area contributed by atoms with Gasteiger partial charge in [-0.3, -0.25) is 14.6 Å². The van der Waals surface area contributed by atoms with E-state index in [4.69, 9.17) is 0 Å². The number of hydrogen-bond acceptors (Lipinski definition) is 3. The summed E-state index contributed by atoms with van der Waals surface area (Å²) >= 11 is 0. The fourth-order valence-electron chi connectivity index (χ4n) is 1.46. The van der Waals surface area contributed by atoms with Crippen LogP contribution in [0.25, 0.3) is 0 Å². The molecule has 0 unspecified atom stereocenters. The van der Waals surface area contributed by atoms with Crippen molar-refractivity contribution in [2.45, 2.75) is 32.6 Å². The quantitative estimate of drug-likeness (QED) is 0.784. The number of nitrogens with zero attached hydrogens (tertiary/aromatic N) is 1. The minimum atomic E-state index is -0.242. The van der Waals surface area contributed by atoms with Crippen molar-refractivity contribution in [2.75, 3.05) is 6.54 Å². The number of Topliss-reactive ketones (excluding diaryl/α,β-unsaturated/α-hetero) is 1. The number of hydrogen-bond donors (Lipinski definition) is 1. The summed E-state index contributed by atoms with van der Waals surface area (Å²) in [6, 6.07) is 5.70. The third-order valence-electron chi connectivity index (χ3n) is 2.50. The van der Waals surface area contributed by atoms with Gasteiger partial charge in [0.2, 0.25) is 5.91 Å². The standard InChI is InChI=1S/C13H18N2O2/c1-10(16)8-12(17)15-9-13(2,3)11-6-4-5-7-14-11/h4-7H,8-9H2,1-3H3,(H,15,17). The predicted octanol–water partition coefficient (Wildman–Crippen LogP) is 1.45. The summed E-state index contributed by atoms with van der Waals surface area (Å²) in [5, 5.41) is 2.75. The summed E-state index contributed by atoms with van der Waals surface area (Å²) in [4.78, 5) is 26.4. The van der Waals surface area contributed by atoms with E-state index in [-0.39, 0.29) is 23.5 Å². The van der Waals surface area contributed by atoms with Crippen LogP contribution in [0.5, 0.6) is 0 Å². The zero-order valence-electron chi connectivity index (χ0n) is 10.5. The first-order chi connectivity index (χ1) is 7.92. The van der Waals surface area contributed by atoms with Gasteiger partial charge in [-0.25, -0.2) is 0 Å². The van der Waals surface area contributed by atoms with Crippen LogP contribution in [-0.2, 0) is 15.0 Å². The van der Waals surface area contributed by atoms with Gasteiger partial charge in [-0.15, -0.1) is 0 Å². The van der Waals surface area contributed by atoms with Gasteiger partial charge < -0.3 is 5.32 Å². The number of carbonyl (C=O) groups excluding carboxylic acids is 2. The average molecular weight is 234 g/mol. The Morgan fingerprint density at radius 3 is 2.59 bits per heavy atom. The summed E-state index contributed by atoms with van der Waals surface area (Å²) in [6.07, 6.45) is 1.67. The summed E-state index contributed by atoms with van der Waals surface area (Å²) in [5.41, 5.74) is 0.677. The van der Waals surface area contributed by atoms with Crippen molar-refractivity contribution < 1.29 is 9.59 Å². The first-order valence-electron chi connectivity index (χ1n) is 5.59. The van der Waals surface area contributed by atoms with Crippen LogP contribution in [0.15, 0.2) is 24.4 Å². The molecule has 4 nitrogen and oxygen atoms in total. The molecule has 1 amide bonds. The van der Waals surface area contributed by atoms with E-state index in [0.717, 1.165) is 5.69 Å². The molecule has 0 bridgehead atoms. The molecule has 0 saturated heterocycles. The topological polar surface area (TPSA) is 59.1 Å². The minimum Gasteiger partial charge on any atom is -0.355 e. The second kappa shape index (κ2) is 5.57. The summed E-state index contributed by atoms with van der Waals surface area (Å²) < 4.78 is 0. The highest BCUT2D eigenvalue weighted by atomic mass is 16.2. The second-order valence-corrected chi connectivity index (χ2v) is 4.75. The van der Waals surface area contributed by atoms with E-state index in [2.05, 4.69) is 10.3 Å². The van der Waals surface area contributed by atoms with Crippen LogP contribution in [-0.4, -0.2) is 23.2 Å². The Morgan fingerprint density at radius 2 is 2.06 bits per heavy atom. The van der Waals surface area contributed by atoms with Crippen molar-refractivity contribution >= 4 is 11.7 Å². The Kier molecular flexibility index (Phi) is 4.37. The van der Waals surface area contributed by atoms with Crippen LogP contribution in [0.3, 0.4) is 0 Å². The maximum absolute atomic E-state index is 11.4. The molecule has 17 heavy (non-hydrogen) atoms. The van der Waals surface area contributed by atoms with Gasteiger partial charge in [0.05, 0.1) is 6.42 Å². The van der Waals surface area contributed by atoms with Crippen molar-refractivity contribution in [1.82, 2.24) is 10.3 Å². The highest BCUT2D eigenvalue weighted by molar-refractivity contribution is 5.96. The lowest BCUT2D eigenvalue weighted by Gasteiger charge is -2.24. The van der Waals surface area contributed by atoms with Crippen LogP contribution in [0, 0.1) is 0 Å². The van der Waals surface area contributed by atoms with E-state index in [1.165, 1.54) is 6.92 Å². The molecule has 1 aromatic heterocycles. The Labute approximate surface area is 101 Å². The van der Waals surface area contributed by atoms with Crippen LogP contribution in [0.2, 0.25) is 0 Å². The Morgan fingerprint density at radius 1 is 1.35 bits per heavy atom. The fourth-order valence-corrected chi connectivity index (χ4v) is 1.46. The molecule has 0 radical (unpaired) electrons. The van der Waals surface area contributed by atoms with Gasteiger partial charge in [-0.05, 0) is 19.1 Å². The molecule has 0 aliphatic rings. The lowest BCUT2D eigenvalue weighted by atomic mass is 9.88. The highest BCUT2D eigenvalue weighted by Gasteiger charge is 2.22. The number of ketones is 1. The SMILES string of the molecule is CC(=O)CC(=O)NCC(C)(C)c1ccccn1. The van der Waals surface area contributed by atoms with Crippen molar-refractivity contribution in [3.05, 3.63) is 30.1 Å². The average Bonchev–Trinajstić information content (AvgIpc) is 2.27. The van der Waals surface area contributed by atoms with Crippen LogP contribution >= 0.6 is 0 Å². The third-order valence-corrected chi connectivity index (χ3v) is 2.50. The molecule has 0 aliphatic heterocycles. The summed E-state index contributed by atoms with van der Waals surface area (Å²) in [5.74, 6) is -0.361. The van der Waals surface area contributed by atoms with Gasteiger partial charge in [0, 0.05) is 23.9 Å². The molecular weight excluding hydrogens is 216 g/mol. The zero-order chi connectivity index (χ0) is 12.9. The molecule has 4 heteroatoms. The second-order valence-electron chi connectivity index (χ2n) is 4.75. The Balaban J connectivity index is 2.56. The Bertz CT molecular complexity index is 399. The molecule has 0 aromatic carbocycles. The normalized spacial score (nSPS) is 11.0. The van der Waals surface area contributed by atoms with Gasteiger partial charge in [0.25, 0.3) is 0 Å². The molecule has 1 heterocycles. The largest absolute Gasteiger partial charge is 0.355 e. The van der Waals surface area contributed by atoms with Crippen molar-refractivity contribution in [3.8, 4) is 0 Å². The van der Waals surface area contributed by atoms with Crippen LogP contribution < -0.4 is 5.32 Å². The smallest absolute Gasteiger partial charge is 0.227 e. The molecule has 0 aliphatic carbocycles. The van der Waals surface area contributed by atoms with Crippen LogP contribution in [0.1, 0.15) is 32.9 Å². The maximum Gasteiger partial charge on any atom is 0.227 e. The number of amides is 1. The number of nitrogens with one attached hydrogen (secondary N) is 1. The van der Waals surface area contributed by atoms with Gasteiger partial charge >= 0.3 is 0 Å². The van der Waals surface area contributed by atoms with Crippen molar-refractivity contribution in [3.63, 3.8) is 0 Å². The van der Waals surface area contributed by atoms with Gasteiger partial charge in [-0.1, -0.05) is 19.9 Å². The predicted molar refractivity (Wildman–Crippen MR) is 65.6 cm³/mol. The zero-order valence-corrected chi connectivity index (χ0v) is 10.5. The lowest BCUT2D eigenvalue weighted by Crippen LogP contribution is -2.37. The molecule has 0 saturated carbocycles. The number of rotatable bonds is 5. The molecule has 1 aromatic rings. The van der Waals surface area contributed by atoms with E-state index in [0.29, 0.717) is 6.54 Å². The molecule has 1 N–H and O–H groups in total. The fraction of sp³-hybridized carbons (Fsp3) is 0.462. The maximum atomic E-state index is 11.4. The minimum absolute atomic E-state index is 0.0572. The third kappa shape index (κ3) is 4.34. The van der Waals surface area contributed by atoms with E-state index in [1.807, 2.05) is 32.0 Å². The number of pyridine rings is 1. The monoisotopic (exact) mass is 234 g/mol. The number of aromatic nitrogens is 1. The van der Waals surface area contributed by atoms with Crippen molar-refractivity contribution in [1.29, 1.82) is 0 Å². The highest BCUT2D eigenvalue weighted by Crippen LogP contribution is 2.19. The van der Waals surface area contributed by atoms with Gasteiger partial charge in [0.1, 0.15) is 5.78 Å². The molecule has 1 rings (SSSR count). The van der Waals surface area contributed by atoms with E-state index < -0.39 is 0 Å². The van der Waals surface area contributed by atoms with Gasteiger partial charge in [0.15, 0.2) is 0 Å². The van der Waals surface area contributed by atoms with E-state index in [1.54, 1.807) is 6.20 Å². The van der Waals surface area contributed by atoms with Gasteiger partial charge in [-0.2, -0.15) is 0 Å². The Hall–Kier alpha value is -1.71. The summed E-state index contributed by atoms with van der Waals surface area (Å²) in [7, 11) is 0. The first-order valence-corrected chi connectivity index (χ1v) is 5.59. The van der Waals surface area contributed by atoms with Crippen LogP contribution in [0.4, 0.5) is 0 Å². The molecular formula is C13H18N2O2. The molecule has 0 atom stereocenters. The van der Waals surface area contributed by atoms with E-state index in [9.17, 15) is 9.59 Å². The van der Waals surface area contributed by atoms with E-state index >= 15 is 0 Å². The molecule has 0 fully saturated rings. The van der Waals surface area contributed by atoms with Crippen molar-refractivity contribution in [2.24, 2.45) is 0 Å². The molecule has 92 valence electrons. The molecule has 0 spiro atoms. The first kappa shape index (κ1) is 13.4. The lowest BCUT2D eigenvalue weighted by molar-refractivity contribution is -0.127. The summed E-state index contributed by atoms with van der Waals surface area (Å²) in [6.45, 7) is 5.88. The number of carbonyl (C=O) groups is 2.